The molecule has 0 spiro atoms. The standard InChI is InChI=1S/C40H27NO/c1-4-12-28(13-5-1)29-20-22-31(23-21-29)34-26-27-37-38(36-25-24-30-14-10-11-19-35(30)40(36)42-37)39(34)41(32-15-6-2-7-16-32)33-17-8-3-9-18-33/h1-27H. The van der Waals surface area contributed by atoms with Crippen LogP contribution in [0.25, 0.3) is 55.0 Å². The van der Waals surface area contributed by atoms with Crippen LogP contribution in [0.4, 0.5) is 17.1 Å². The van der Waals surface area contributed by atoms with Crippen LogP contribution in [0.2, 0.25) is 0 Å². The minimum absolute atomic E-state index is 0.873. The monoisotopic (exact) mass is 537 g/mol. The van der Waals surface area contributed by atoms with E-state index in [1.54, 1.807) is 0 Å². The Balaban J connectivity index is 1.45. The molecule has 7 aromatic carbocycles. The van der Waals surface area contributed by atoms with Crippen LogP contribution in [0, 0.1) is 0 Å². The molecule has 1 heterocycles. The quantitative estimate of drug-likeness (QED) is 0.217. The summed E-state index contributed by atoms with van der Waals surface area (Å²) >= 11 is 0. The lowest BCUT2D eigenvalue weighted by molar-refractivity contribution is 0.673. The predicted molar refractivity (Wildman–Crippen MR) is 177 cm³/mol. The van der Waals surface area contributed by atoms with Gasteiger partial charge in [-0.05, 0) is 64.5 Å². The van der Waals surface area contributed by atoms with Crippen LogP contribution < -0.4 is 4.90 Å². The van der Waals surface area contributed by atoms with Gasteiger partial charge in [0, 0.05) is 27.7 Å². The first kappa shape index (κ1) is 24.2. The first-order valence-corrected chi connectivity index (χ1v) is 14.3. The lowest BCUT2D eigenvalue weighted by atomic mass is 9.95. The minimum Gasteiger partial charge on any atom is -0.455 e. The molecule has 0 amide bonds. The normalized spacial score (nSPS) is 11.3. The highest BCUT2D eigenvalue weighted by molar-refractivity contribution is 6.21. The van der Waals surface area contributed by atoms with Crippen molar-refractivity contribution in [2.45, 2.75) is 0 Å². The summed E-state index contributed by atoms with van der Waals surface area (Å²) in [7, 11) is 0. The van der Waals surface area contributed by atoms with Crippen molar-refractivity contribution in [1.82, 2.24) is 0 Å². The maximum Gasteiger partial charge on any atom is 0.143 e. The van der Waals surface area contributed by atoms with Gasteiger partial charge in [-0.25, -0.2) is 0 Å². The van der Waals surface area contributed by atoms with Gasteiger partial charge in [0.05, 0.1) is 11.1 Å². The van der Waals surface area contributed by atoms with E-state index in [1.807, 2.05) is 0 Å². The summed E-state index contributed by atoms with van der Waals surface area (Å²) in [4.78, 5) is 2.37. The first-order chi connectivity index (χ1) is 20.8. The summed E-state index contributed by atoms with van der Waals surface area (Å²) in [6.07, 6.45) is 0. The Kier molecular flexibility index (Phi) is 5.82. The van der Waals surface area contributed by atoms with Crippen LogP contribution in [0.1, 0.15) is 0 Å². The molecule has 0 saturated carbocycles. The van der Waals surface area contributed by atoms with Gasteiger partial charge < -0.3 is 9.32 Å². The number of furan rings is 1. The van der Waals surface area contributed by atoms with Gasteiger partial charge in [-0.3, -0.25) is 0 Å². The molecular weight excluding hydrogens is 510 g/mol. The fourth-order valence-corrected chi connectivity index (χ4v) is 6.08. The van der Waals surface area contributed by atoms with Gasteiger partial charge in [-0.1, -0.05) is 121 Å². The zero-order valence-electron chi connectivity index (χ0n) is 22.9. The van der Waals surface area contributed by atoms with Crippen molar-refractivity contribution in [3.8, 4) is 22.3 Å². The minimum atomic E-state index is 0.873. The number of hydrogen-bond acceptors (Lipinski definition) is 2. The Hall–Kier alpha value is -5.60. The molecule has 0 aliphatic heterocycles. The Morgan fingerprint density at radius 1 is 0.405 bits per heavy atom. The summed E-state index contributed by atoms with van der Waals surface area (Å²) in [6.45, 7) is 0. The largest absolute Gasteiger partial charge is 0.455 e. The van der Waals surface area contributed by atoms with Crippen molar-refractivity contribution >= 4 is 49.8 Å². The van der Waals surface area contributed by atoms with Crippen LogP contribution >= 0.6 is 0 Å². The van der Waals surface area contributed by atoms with Crippen LogP contribution in [-0.4, -0.2) is 0 Å². The highest BCUT2D eigenvalue weighted by Gasteiger charge is 2.24. The smallest absolute Gasteiger partial charge is 0.143 e. The number of para-hydroxylation sites is 2. The second-order valence-corrected chi connectivity index (χ2v) is 10.6. The number of anilines is 3. The molecule has 8 rings (SSSR count). The third kappa shape index (κ3) is 4.05. The molecule has 1 aromatic heterocycles. The third-order valence-corrected chi connectivity index (χ3v) is 8.06. The van der Waals surface area contributed by atoms with Crippen molar-refractivity contribution in [3.63, 3.8) is 0 Å². The van der Waals surface area contributed by atoms with E-state index in [2.05, 4.69) is 169 Å². The average molecular weight is 538 g/mol. The molecule has 0 fully saturated rings. The van der Waals surface area contributed by atoms with Gasteiger partial charge in [0.15, 0.2) is 0 Å². The number of rotatable bonds is 5. The van der Waals surface area contributed by atoms with E-state index >= 15 is 0 Å². The molecule has 42 heavy (non-hydrogen) atoms. The van der Waals surface area contributed by atoms with Crippen molar-refractivity contribution in [2.75, 3.05) is 4.90 Å². The summed E-state index contributed by atoms with van der Waals surface area (Å²) in [5.41, 5.74) is 9.78. The van der Waals surface area contributed by atoms with Crippen molar-refractivity contribution in [1.29, 1.82) is 0 Å². The Bertz CT molecular complexity index is 2120. The van der Waals surface area contributed by atoms with Gasteiger partial charge in [0.2, 0.25) is 0 Å². The highest BCUT2D eigenvalue weighted by atomic mass is 16.3. The van der Waals surface area contributed by atoms with Crippen LogP contribution in [0.15, 0.2) is 168 Å². The van der Waals surface area contributed by atoms with E-state index in [0.29, 0.717) is 0 Å². The molecule has 0 aliphatic carbocycles. The number of benzene rings is 7. The molecule has 2 nitrogen and oxygen atoms in total. The fourth-order valence-electron chi connectivity index (χ4n) is 6.08. The predicted octanol–water partition coefficient (Wildman–Crippen LogP) is 11.5. The number of nitrogens with zero attached hydrogens (tertiary/aromatic N) is 1. The number of fused-ring (bicyclic) bond motifs is 5. The third-order valence-electron chi connectivity index (χ3n) is 8.06. The van der Waals surface area contributed by atoms with Gasteiger partial charge in [0.25, 0.3) is 0 Å². The zero-order chi connectivity index (χ0) is 27.9. The van der Waals surface area contributed by atoms with E-state index < -0.39 is 0 Å². The van der Waals surface area contributed by atoms with E-state index in [4.69, 9.17) is 4.42 Å². The fraction of sp³-hybridized carbons (Fsp3) is 0. The molecule has 0 saturated heterocycles. The molecule has 198 valence electrons. The van der Waals surface area contributed by atoms with E-state index in [1.165, 1.54) is 16.5 Å². The molecule has 0 N–H and O–H groups in total. The summed E-state index contributed by atoms with van der Waals surface area (Å²) in [5.74, 6) is 0. The van der Waals surface area contributed by atoms with Gasteiger partial charge in [0.1, 0.15) is 11.2 Å². The SMILES string of the molecule is c1ccc(-c2ccc(-c3ccc4oc5c6ccccc6ccc5c4c3N(c3ccccc3)c3ccccc3)cc2)cc1. The van der Waals surface area contributed by atoms with Crippen molar-refractivity contribution in [3.05, 3.63) is 164 Å². The lowest BCUT2D eigenvalue weighted by Gasteiger charge is -2.28. The van der Waals surface area contributed by atoms with Gasteiger partial charge in [-0.2, -0.15) is 0 Å². The topological polar surface area (TPSA) is 16.4 Å². The summed E-state index contributed by atoms with van der Waals surface area (Å²) < 4.78 is 6.67. The molecule has 0 atom stereocenters. The van der Waals surface area contributed by atoms with Gasteiger partial charge >= 0.3 is 0 Å². The molecular formula is C40H27NO. The maximum atomic E-state index is 6.67. The Morgan fingerprint density at radius 3 is 1.67 bits per heavy atom. The second-order valence-electron chi connectivity index (χ2n) is 10.6. The molecule has 0 unspecified atom stereocenters. The first-order valence-electron chi connectivity index (χ1n) is 14.3. The van der Waals surface area contributed by atoms with Gasteiger partial charge in [-0.15, -0.1) is 0 Å². The molecule has 8 aromatic rings. The number of hydrogen-bond donors (Lipinski definition) is 0. The van der Waals surface area contributed by atoms with E-state index in [9.17, 15) is 0 Å². The highest BCUT2D eigenvalue weighted by Crippen LogP contribution is 2.49. The summed E-state index contributed by atoms with van der Waals surface area (Å²) in [6, 6.07) is 57.8. The molecule has 0 radical (unpaired) electrons. The maximum absolute atomic E-state index is 6.67. The molecule has 2 heteroatoms. The zero-order valence-corrected chi connectivity index (χ0v) is 22.9. The Morgan fingerprint density at radius 2 is 0.976 bits per heavy atom. The Labute approximate surface area is 244 Å². The van der Waals surface area contributed by atoms with E-state index in [0.717, 1.165) is 55.5 Å². The molecule has 0 aliphatic rings. The second kappa shape index (κ2) is 10.1. The van der Waals surface area contributed by atoms with Crippen molar-refractivity contribution in [2.24, 2.45) is 0 Å². The summed E-state index contributed by atoms with van der Waals surface area (Å²) in [5, 5.41) is 4.51. The van der Waals surface area contributed by atoms with E-state index in [-0.39, 0.29) is 0 Å². The average Bonchev–Trinajstić information content (AvgIpc) is 3.46. The van der Waals surface area contributed by atoms with Crippen molar-refractivity contribution < 1.29 is 4.42 Å². The lowest BCUT2D eigenvalue weighted by Crippen LogP contribution is -2.11. The van der Waals surface area contributed by atoms with Crippen LogP contribution in [-0.2, 0) is 0 Å². The van der Waals surface area contributed by atoms with Crippen LogP contribution in [0.5, 0.6) is 0 Å². The van der Waals surface area contributed by atoms with Crippen LogP contribution in [0.3, 0.4) is 0 Å². The molecule has 0 bridgehead atoms.